The minimum absolute atomic E-state index is 0.0449. The molecule has 1 N–H and O–H groups in total. The first-order chi connectivity index (χ1) is 12.5. The third-order valence-corrected chi connectivity index (χ3v) is 4.38. The zero-order valence-electron chi connectivity index (χ0n) is 14.4. The van der Waals surface area contributed by atoms with Gasteiger partial charge in [0.05, 0.1) is 5.69 Å². The number of rotatable bonds is 6. The molecule has 1 heterocycles. The summed E-state index contributed by atoms with van der Waals surface area (Å²) in [4.78, 5) is 18.4. The van der Waals surface area contributed by atoms with Crippen molar-refractivity contribution in [1.82, 2.24) is 4.98 Å². The van der Waals surface area contributed by atoms with Crippen LogP contribution in [0.25, 0.3) is 11.3 Å². The lowest BCUT2D eigenvalue weighted by atomic mass is 10.1. The lowest BCUT2D eigenvalue weighted by Crippen LogP contribution is -2.20. The van der Waals surface area contributed by atoms with Gasteiger partial charge in [-0.15, -0.1) is 11.3 Å². The highest BCUT2D eigenvalue weighted by Gasteiger charge is 2.10. The Bertz CT molecular complexity index is 894. The number of hydrogen-bond acceptors (Lipinski definition) is 5. The van der Waals surface area contributed by atoms with E-state index in [1.165, 1.54) is 23.5 Å². The Hall–Kier alpha value is -2.93. The minimum Gasteiger partial charge on any atom is -0.481 e. The molecule has 134 valence electrons. The Balaban J connectivity index is 1.59. The summed E-state index contributed by atoms with van der Waals surface area (Å²) in [7, 11) is 3.96. The van der Waals surface area contributed by atoms with E-state index in [1.807, 2.05) is 48.6 Å². The number of hydrogen-bond donors (Lipinski definition) is 1. The maximum absolute atomic E-state index is 13.5. The largest absolute Gasteiger partial charge is 0.481 e. The number of halogens is 1. The number of carbonyl (C=O) groups excluding carboxylic acids is 1. The lowest BCUT2D eigenvalue weighted by molar-refractivity contribution is -0.118. The number of nitrogens with zero attached hydrogens (tertiary/aromatic N) is 2. The summed E-state index contributed by atoms with van der Waals surface area (Å²) in [5.74, 6) is -0.849. The SMILES string of the molecule is CN(C)c1ccc(-c2csc(NC(=O)COc3ccccc3F)n2)cc1. The third kappa shape index (κ3) is 4.37. The van der Waals surface area contributed by atoms with Crippen molar-refractivity contribution < 1.29 is 13.9 Å². The standard InChI is InChI=1S/C19H18FN3O2S/c1-23(2)14-9-7-13(8-10-14)16-12-26-19(21-16)22-18(24)11-25-17-6-4-3-5-15(17)20/h3-10,12H,11H2,1-2H3,(H,21,22,24). The third-order valence-electron chi connectivity index (χ3n) is 3.63. The number of benzene rings is 2. The lowest BCUT2D eigenvalue weighted by Gasteiger charge is -2.12. The van der Waals surface area contributed by atoms with Crippen LogP contribution in [-0.2, 0) is 4.79 Å². The molecule has 1 amide bonds. The zero-order chi connectivity index (χ0) is 18.5. The van der Waals surface area contributed by atoms with Gasteiger partial charge in [0.2, 0.25) is 0 Å². The molecule has 3 rings (SSSR count). The molecule has 0 radical (unpaired) electrons. The summed E-state index contributed by atoms with van der Waals surface area (Å²) in [5.41, 5.74) is 2.85. The van der Waals surface area contributed by atoms with Gasteiger partial charge in [-0.3, -0.25) is 10.1 Å². The molecule has 1 aromatic heterocycles. The Morgan fingerprint density at radius 1 is 1.19 bits per heavy atom. The summed E-state index contributed by atoms with van der Waals surface area (Å²) < 4.78 is 18.6. The van der Waals surface area contributed by atoms with Crippen molar-refractivity contribution >= 4 is 28.1 Å². The maximum Gasteiger partial charge on any atom is 0.264 e. The Kier molecular flexibility index (Phi) is 5.48. The van der Waals surface area contributed by atoms with Crippen LogP contribution in [0.15, 0.2) is 53.9 Å². The van der Waals surface area contributed by atoms with Crippen LogP contribution in [-0.4, -0.2) is 31.6 Å². The second kappa shape index (κ2) is 7.97. The average molecular weight is 371 g/mol. The van der Waals surface area contributed by atoms with Gasteiger partial charge in [0.25, 0.3) is 5.91 Å². The van der Waals surface area contributed by atoms with Crippen LogP contribution in [0.1, 0.15) is 0 Å². The van der Waals surface area contributed by atoms with Crippen molar-refractivity contribution in [3.63, 3.8) is 0 Å². The van der Waals surface area contributed by atoms with Gasteiger partial charge in [0.15, 0.2) is 23.3 Å². The fourth-order valence-corrected chi connectivity index (χ4v) is 2.99. The molecule has 0 spiro atoms. The van der Waals surface area contributed by atoms with Crippen LogP contribution in [0.3, 0.4) is 0 Å². The van der Waals surface area contributed by atoms with Crippen molar-refractivity contribution in [2.24, 2.45) is 0 Å². The second-order valence-corrected chi connectivity index (χ2v) is 6.60. The van der Waals surface area contributed by atoms with Crippen LogP contribution in [0.4, 0.5) is 15.2 Å². The van der Waals surface area contributed by atoms with Crippen LogP contribution in [0.2, 0.25) is 0 Å². The summed E-state index contributed by atoms with van der Waals surface area (Å²) in [5, 5.41) is 5.01. The average Bonchev–Trinajstić information content (AvgIpc) is 3.09. The summed E-state index contributed by atoms with van der Waals surface area (Å²) in [6.07, 6.45) is 0. The molecule has 0 bridgehead atoms. The van der Waals surface area contributed by atoms with Gasteiger partial charge in [-0.2, -0.15) is 0 Å². The molecule has 0 atom stereocenters. The Morgan fingerprint density at radius 3 is 2.62 bits per heavy atom. The maximum atomic E-state index is 13.5. The molecule has 0 saturated carbocycles. The molecule has 2 aromatic carbocycles. The first-order valence-electron chi connectivity index (χ1n) is 7.93. The summed E-state index contributed by atoms with van der Waals surface area (Å²) in [6, 6.07) is 13.9. The van der Waals surface area contributed by atoms with Gasteiger partial charge < -0.3 is 9.64 Å². The van der Waals surface area contributed by atoms with Crippen molar-refractivity contribution in [1.29, 1.82) is 0 Å². The molecule has 3 aromatic rings. The van der Waals surface area contributed by atoms with E-state index in [-0.39, 0.29) is 12.4 Å². The predicted octanol–water partition coefficient (Wildman–Crippen LogP) is 4.03. The van der Waals surface area contributed by atoms with E-state index < -0.39 is 11.7 Å². The van der Waals surface area contributed by atoms with Crippen molar-refractivity contribution in [3.05, 3.63) is 59.7 Å². The van der Waals surface area contributed by atoms with Gasteiger partial charge in [0.1, 0.15) is 0 Å². The molecule has 0 aliphatic heterocycles. The number of anilines is 2. The molecule has 0 aliphatic carbocycles. The summed E-state index contributed by atoms with van der Waals surface area (Å²) in [6.45, 7) is -0.284. The highest BCUT2D eigenvalue weighted by Crippen LogP contribution is 2.26. The molecular formula is C19H18FN3O2S. The van der Waals surface area contributed by atoms with E-state index in [1.54, 1.807) is 12.1 Å². The quantitative estimate of drug-likeness (QED) is 0.711. The molecule has 0 saturated heterocycles. The molecular weight excluding hydrogens is 353 g/mol. The zero-order valence-corrected chi connectivity index (χ0v) is 15.2. The Morgan fingerprint density at radius 2 is 1.92 bits per heavy atom. The predicted molar refractivity (Wildman–Crippen MR) is 102 cm³/mol. The summed E-state index contributed by atoms with van der Waals surface area (Å²) >= 11 is 1.32. The van der Waals surface area contributed by atoms with E-state index in [2.05, 4.69) is 10.3 Å². The van der Waals surface area contributed by atoms with Crippen LogP contribution < -0.4 is 15.0 Å². The van der Waals surface area contributed by atoms with Crippen molar-refractivity contribution in [2.75, 3.05) is 30.9 Å². The van der Waals surface area contributed by atoms with E-state index in [0.29, 0.717) is 5.13 Å². The van der Waals surface area contributed by atoms with E-state index in [9.17, 15) is 9.18 Å². The van der Waals surface area contributed by atoms with Gasteiger partial charge in [0, 0.05) is 30.7 Å². The normalized spacial score (nSPS) is 10.4. The number of amides is 1. The van der Waals surface area contributed by atoms with Crippen LogP contribution in [0.5, 0.6) is 5.75 Å². The highest BCUT2D eigenvalue weighted by atomic mass is 32.1. The van der Waals surface area contributed by atoms with E-state index in [0.717, 1.165) is 16.9 Å². The fourth-order valence-electron chi connectivity index (χ4n) is 2.25. The number of ether oxygens (including phenoxy) is 1. The van der Waals surface area contributed by atoms with Gasteiger partial charge in [-0.1, -0.05) is 24.3 Å². The van der Waals surface area contributed by atoms with E-state index >= 15 is 0 Å². The molecule has 0 fully saturated rings. The van der Waals surface area contributed by atoms with Crippen LogP contribution in [0, 0.1) is 5.82 Å². The molecule has 26 heavy (non-hydrogen) atoms. The monoisotopic (exact) mass is 371 g/mol. The second-order valence-electron chi connectivity index (χ2n) is 5.75. The first-order valence-corrected chi connectivity index (χ1v) is 8.81. The molecule has 0 aliphatic rings. The van der Waals surface area contributed by atoms with Crippen molar-refractivity contribution in [2.45, 2.75) is 0 Å². The highest BCUT2D eigenvalue weighted by molar-refractivity contribution is 7.14. The minimum atomic E-state index is -0.502. The topological polar surface area (TPSA) is 54.5 Å². The molecule has 7 heteroatoms. The number of nitrogens with one attached hydrogen (secondary N) is 1. The number of thiazole rings is 1. The molecule has 5 nitrogen and oxygen atoms in total. The first kappa shape index (κ1) is 17.9. The number of carbonyl (C=O) groups is 1. The number of aromatic nitrogens is 1. The smallest absolute Gasteiger partial charge is 0.264 e. The van der Waals surface area contributed by atoms with Crippen molar-refractivity contribution in [3.8, 4) is 17.0 Å². The van der Waals surface area contributed by atoms with Gasteiger partial charge in [-0.25, -0.2) is 9.37 Å². The van der Waals surface area contributed by atoms with Gasteiger partial charge >= 0.3 is 0 Å². The van der Waals surface area contributed by atoms with E-state index in [4.69, 9.17) is 4.74 Å². The fraction of sp³-hybridized carbons (Fsp3) is 0.158. The van der Waals surface area contributed by atoms with Crippen LogP contribution >= 0.6 is 11.3 Å². The molecule has 0 unspecified atom stereocenters. The Labute approximate surface area is 155 Å². The van der Waals surface area contributed by atoms with Gasteiger partial charge in [-0.05, 0) is 24.3 Å². The number of para-hydroxylation sites is 1.